The minimum Gasteiger partial charge on any atom is -0.495 e. The third-order valence-electron chi connectivity index (χ3n) is 3.88. The van der Waals surface area contributed by atoms with Gasteiger partial charge in [0, 0.05) is 5.54 Å². The first-order chi connectivity index (χ1) is 8.86. The van der Waals surface area contributed by atoms with Crippen molar-refractivity contribution in [3.63, 3.8) is 0 Å². The van der Waals surface area contributed by atoms with Crippen molar-refractivity contribution in [1.82, 2.24) is 0 Å². The Hall–Kier alpha value is -1.71. The van der Waals surface area contributed by atoms with Crippen molar-refractivity contribution < 1.29 is 14.6 Å². The van der Waals surface area contributed by atoms with Gasteiger partial charge in [0.15, 0.2) is 0 Å². The van der Waals surface area contributed by atoms with Crippen LogP contribution >= 0.6 is 0 Å². The fourth-order valence-electron chi connectivity index (χ4n) is 3.09. The third kappa shape index (κ3) is 2.39. The highest BCUT2D eigenvalue weighted by molar-refractivity contribution is 5.78. The SMILES string of the molecule is COc1cccc2c1N(CC(=O)O)C(C)(C)C[C@@H]2C. The molecule has 4 nitrogen and oxygen atoms in total. The van der Waals surface area contributed by atoms with Crippen LogP contribution in [0.15, 0.2) is 18.2 Å². The molecular weight excluding hydrogens is 242 g/mol. The fourth-order valence-corrected chi connectivity index (χ4v) is 3.09. The summed E-state index contributed by atoms with van der Waals surface area (Å²) in [6.45, 7) is 6.34. The van der Waals surface area contributed by atoms with E-state index in [1.165, 1.54) is 5.56 Å². The number of para-hydroxylation sites is 1. The summed E-state index contributed by atoms with van der Waals surface area (Å²) in [4.78, 5) is 13.1. The Kier molecular flexibility index (Phi) is 3.43. The molecule has 1 aromatic carbocycles. The number of carboxylic acid groups (broad SMARTS) is 1. The van der Waals surface area contributed by atoms with Gasteiger partial charge in [-0.2, -0.15) is 0 Å². The van der Waals surface area contributed by atoms with Gasteiger partial charge in [-0.3, -0.25) is 4.79 Å². The van der Waals surface area contributed by atoms with Crippen LogP contribution in [0, 0.1) is 0 Å². The summed E-state index contributed by atoms with van der Waals surface area (Å²) in [7, 11) is 1.63. The van der Waals surface area contributed by atoms with Gasteiger partial charge in [0.05, 0.1) is 12.8 Å². The lowest BCUT2D eigenvalue weighted by Crippen LogP contribution is -2.50. The number of nitrogens with zero attached hydrogens (tertiary/aromatic N) is 1. The summed E-state index contributed by atoms with van der Waals surface area (Å²) in [5, 5.41) is 9.17. The van der Waals surface area contributed by atoms with Gasteiger partial charge in [0.2, 0.25) is 0 Å². The number of benzene rings is 1. The van der Waals surface area contributed by atoms with E-state index in [0.29, 0.717) is 5.92 Å². The molecular formula is C15H21NO3. The first kappa shape index (κ1) is 13.7. The zero-order valence-corrected chi connectivity index (χ0v) is 11.9. The highest BCUT2D eigenvalue weighted by atomic mass is 16.5. The molecule has 0 fully saturated rings. The van der Waals surface area contributed by atoms with E-state index in [1.54, 1.807) is 7.11 Å². The van der Waals surface area contributed by atoms with E-state index in [2.05, 4.69) is 26.8 Å². The van der Waals surface area contributed by atoms with E-state index < -0.39 is 5.97 Å². The monoisotopic (exact) mass is 263 g/mol. The summed E-state index contributed by atoms with van der Waals surface area (Å²) >= 11 is 0. The normalized spacial score (nSPS) is 20.8. The van der Waals surface area contributed by atoms with Crippen molar-refractivity contribution in [2.24, 2.45) is 0 Å². The van der Waals surface area contributed by atoms with Gasteiger partial charge in [0.25, 0.3) is 0 Å². The molecule has 4 heteroatoms. The van der Waals surface area contributed by atoms with Crippen molar-refractivity contribution in [2.75, 3.05) is 18.6 Å². The molecule has 0 aliphatic carbocycles. The Balaban J connectivity index is 2.59. The van der Waals surface area contributed by atoms with E-state index in [-0.39, 0.29) is 12.1 Å². The number of carbonyl (C=O) groups is 1. The molecule has 0 radical (unpaired) electrons. The standard InChI is InChI=1S/C15H21NO3/c1-10-8-15(2,3)16(9-13(17)18)14-11(10)6-5-7-12(14)19-4/h5-7,10H,8-9H2,1-4H3,(H,17,18)/t10-/m0/s1. The Bertz CT molecular complexity index is 496. The Morgan fingerprint density at radius 2 is 2.21 bits per heavy atom. The summed E-state index contributed by atoms with van der Waals surface area (Å²) in [5.41, 5.74) is 1.90. The number of aliphatic carboxylic acids is 1. The van der Waals surface area contributed by atoms with E-state index in [4.69, 9.17) is 4.74 Å². The lowest BCUT2D eigenvalue weighted by molar-refractivity contribution is -0.135. The molecule has 0 saturated carbocycles. The molecule has 0 unspecified atom stereocenters. The first-order valence-electron chi connectivity index (χ1n) is 6.53. The molecule has 2 rings (SSSR count). The van der Waals surface area contributed by atoms with Crippen LogP contribution in [0.2, 0.25) is 0 Å². The predicted molar refractivity (Wildman–Crippen MR) is 75.1 cm³/mol. The van der Waals surface area contributed by atoms with Gasteiger partial charge in [-0.05, 0) is 37.8 Å². The maximum atomic E-state index is 11.2. The Morgan fingerprint density at radius 1 is 1.53 bits per heavy atom. The molecule has 0 aromatic heterocycles. The van der Waals surface area contributed by atoms with Gasteiger partial charge in [-0.1, -0.05) is 19.1 Å². The largest absolute Gasteiger partial charge is 0.495 e. The fraction of sp³-hybridized carbons (Fsp3) is 0.533. The van der Waals surface area contributed by atoms with Gasteiger partial charge < -0.3 is 14.7 Å². The van der Waals surface area contributed by atoms with E-state index >= 15 is 0 Å². The molecule has 0 saturated heterocycles. The number of rotatable bonds is 3. The molecule has 1 N–H and O–H groups in total. The van der Waals surface area contributed by atoms with Gasteiger partial charge in [-0.25, -0.2) is 0 Å². The second-order valence-corrected chi connectivity index (χ2v) is 5.80. The minimum absolute atomic E-state index is 0.00685. The second kappa shape index (κ2) is 4.76. The van der Waals surface area contributed by atoms with E-state index in [1.807, 2.05) is 17.0 Å². The number of carboxylic acids is 1. The maximum Gasteiger partial charge on any atom is 0.323 e. The molecule has 19 heavy (non-hydrogen) atoms. The number of hydrogen-bond acceptors (Lipinski definition) is 3. The number of hydrogen-bond donors (Lipinski definition) is 1. The highest BCUT2D eigenvalue weighted by Crippen LogP contribution is 2.47. The Morgan fingerprint density at radius 3 is 2.79 bits per heavy atom. The molecule has 104 valence electrons. The van der Waals surface area contributed by atoms with Crippen LogP contribution < -0.4 is 9.64 Å². The van der Waals surface area contributed by atoms with Gasteiger partial charge in [0.1, 0.15) is 12.3 Å². The zero-order valence-electron chi connectivity index (χ0n) is 11.9. The predicted octanol–water partition coefficient (Wildman–Crippen LogP) is 2.87. The van der Waals surface area contributed by atoms with Crippen LogP contribution in [0.1, 0.15) is 38.7 Å². The number of anilines is 1. The van der Waals surface area contributed by atoms with Crippen molar-refractivity contribution in [2.45, 2.75) is 38.6 Å². The van der Waals surface area contributed by atoms with Crippen LogP contribution in [0.3, 0.4) is 0 Å². The Labute approximate surface area is 114 Å². The molecule has 0 amide bonds. The quantitative estimate of drug-likeness (QED) is 0.911. The topological polar surface area (TPSA) is 49.8 Å². The van der Waals surface area contributed by atoms with Crippen molar-refractivity contribution in [1.29, 1.82) is 0 Å². The summed E-state index contributed by atoms with van der Waals surface area (Å²) < 4.78 is 5.43. The van der Waals surface area contributed by atoms with Crippen LogP contribution in [0.25, 0.3) is 0 Å². The second-order valence-electron chi connectivity index (χ2n) is 5.80. The average molecular weight is 263 g/mol. The number of fused-ring (bicyclic) bond motifs is 1. The molecule has 1 aliphatic rings. The van der Waals surface area contributed by atoms with Crippen LogP contribution in [0.5, 0.6) is 5.75 Å². The molecule has 1 aliphatic heterocycles. The molecule has 1 heterocycles. The van der Waals surface area contributed by atoms with Crippen LogP contribution in [0.4, 0.5) is 5.69 Å². The zero-order chi connectivity index (χ0) is 14.2. The maximum absolute atomic E-state index is 11.2. The third-order valence-corrected chi connectivity index (χ3v) is 3.88. The van der Waals surface area contributed by atoms with Crippen LogP contribution in [-0.2, 0) is 4.79 Å². The lowest BCUT2D eigenvalue weighted by atomic mass is 9.80. The molecule has 0 bridgehead atoms. The number of methoxy groups -OCH3 is 1. The lowest BCUT2D eigenvalue weighted by Gasteiger charge is -2.47. The average Bonchev–Trinajstić information content (AvgIpc) is 2.32. The molecule has 1 atom stereocenters. The van der Waals surface area contributed by atoms with Crippen molar-refractivity contribution >= 4 is 11.7 Å². The minimum atomic E-state index is -0.820. The number of ether oxygens (including phenoxy) is 1. The smallest absolute Gasteiger partial charge is 0.323 e. The summed E-state index contributed by atoms with van der Waals surface area (Å²) in [6, 6.07) is 5.92. The van der Waals surface area contributed by atoms with Gasteiger partial charge in [-0.15, -0.1) is 0 Å². The van der Waals surface area contributed by atoms with E-state index in [9.17, 15) is 9.90 Å². The van der Waals surface area contributed by atoms with Crippen LogP contribution in [-0.4, -0.2) is 30.3 Å². The molecule has 1 aromatic rings. The van der Waals surface area contributed by atoms with Crippen molar-refractivity contribution in [3.05, 3.63) is 23.8 Å². The summed E-state index contributed by atoms with van der Waals surface area (Å²) in [5.74, 6) is 0.322. The van der Waals surface area contributed by atoms with Gasteiger partial charge >= 0.3 is 5.97 Å². The van der Waals surface area contributed by atoms with E-state index in [0.717, 1.165) is 17.9 Å². The highest BCUT2D eigenvalue weighted by Gasteiger charge is 2.38. The van der Waals surface area contributed by atoms with Crippen molar-refractivity contribution in [3.8, 4) is 5.75 Å². The first-order valence-corrected chi connectivity index (χ1v) is 6.53. The molecule has 0 spiro atoms. The summed E-state index contributed by atoms with van der Waals surface area (Å²) in [6.07, 6.45) is 0.931.